The molecule has 2 fully saturated rings. The maximum absolute atomic E-state index is 13.0. The van der Waals surface area contributed by atoms with Crippen molar-refractivity contribution >= 4 is 29.1 Å². The summed E-state index contributed by atoms with van der Waals surface area (Å²) in [5, 5.41) is 5.76. The molecule has 2 atom stereocenters. The van der Waals surface area contributed by atoms with Crippen LogP contribution in [0.5, 0.6) is 0 Å². The predicted octanol–water partition coefficient (Wildman–Crippen LogP) is 3.20. The van der Waals surface area contributed by atoms with Crippen molar-refractivity contribution in [1.29, 1.82) is 0 Å². The number of para-hydroxylation sites is 1. The predicted molar refractivity (Wildman–Crippen MR) is 123 cm³/mol. The van der Waals surface area contributed by atoms with E-state index in [0.717, 1.165) is 36.3 Å². The van der Waals surface area contributed by atoms with Gasteiger partial charge in [-0.2, -0.15) is 0 Å². The molecule has 3 amide bonds. The van der Waals surface area contributed by atoms with Crippen LogP contribution in [0.3, 0.4) is 0 Å². The third-order valence-corrected chi connectivity index (χ3v) is 6.08. The Labute approximate surface area is 188 Å². The van der Waals surface area contributed by atoms with Gasteiger partial charge in [0.25, 0.3) is 5.91 Å². The molecule has 168 valence electrons. The summed E-state index contributed by atoms with van der Waals surface area (Å²) >= 11 is 0. The van der Waals surface area contributed by atoms with Crippen molar-refractivity contribution in [2.45, 2.75) is 39.2 Å². The minimum Gasteiger partial charge on any atom is -0.376 e. The van der Waals surface area contributed by atoms with Crippen molar-refractivity contribution in [3.05, 3.63) is 59.2 Å². The standard InChI is InChI=1S/C25H29N3O4/c1-16-9-10-22(17(2)12-16)28-15-18(13-23(28)29)24(30)27-21-8-4-3-7-20(21)25(31)26-14-19-6-5-11-32-19/h3-4,7-10,12,18-19H,5-6,11,13-15H2,1-2H3,(H,26,31)(H,27,30). The van der Waals surface area contributed by atoms with Gasteiger partial charge in [0.2, 0.25) is 11.8 Å². The monoisotopic (exact) mass is 435 g/mol. The molecule has 7 nitrogen and oxygen atoms in total. The average Bonchev–Trinajstić information content (AvgIpc) is 3.42. The van der Waals surface area contributed by atoms with Crippen LogP contribution in [0.15, 0.2) is 42.5 Å². The first-order valence-electron chi connectivity index (χ1n) is 11.1. The zero-order valence-electron chi connectivity index (χ0n) is 18.5. The maximum Gasteiger partial charge on any atom is 0.253 e. The smallest absolute Gasteiger partial charge is 0.253 e. The van der Waals surface area contributed by atoms with Crippen molar-refractivity contribution in [1.82, 2.24) is 5.32 Å². The van der Waals surface area contributed by atoms with Crippen LogP contribution in [-0.2, 0) is 14.3 Å². The van der Waals surface area contributed by atoms with Gasteiger partial charge >= 0.3 is 0 Å². The van der Waals surface area contributed by atoms with Gasteiger partial charge in [-0.1, -0.05) is 29.8 Å². The molecule has 0 saturated carbocycles. The molecule has 0 spiro atoms. The van der Waals surface area contributed by atoms with Crippen molar-refractivity contribution in [2.24, 2.45) is 5.92 Å². The van der Waals surface area contributed by atoms with Gasteiger partial charge < -0.3 is 20.3 Å². The number of ether oxygens (including phenoxy) is 1. The van der Waals surface area contributed by atoms with E-state index in [1.165, 1.54) is 0 Å². The summed E-state index contributed by atoms with van der Waals surface area (Å²) in [7, 11) is 0. The zero-order valence-corrected chi connectivity index (χ0v) is 18.5. The first-order chi connectivity index (χ1) is 15.4. The highest BCUT2D eigenvalue weighted by Crippen LogP contribution is 2.29. The number of nitrogens with zero attached hydrogens (tertiary/aromatic N) is 1. The maximum atomic E-state index is 13.0. The topological polar surface area (TPSA) is 87.7 Å². The van der Waals surface area contributed by atoms with Crippen LogP contribution < -0.4 is 15.5 Å². The Balaban J connectivity index is 1.42. The van der Waals surface area contributed by atoms with Crippen LogP contribution in [0.2, 0.25) is 0 Å². The summed E-state index contributed by atoms with van der Waals surface area (Å²) in [6.45, 7) is 5.47. The van der Waals surface area contributed by atoms with Gasteiger partial charge in [0.05, 0.1) is 23.3 Å². The summed E-state index contributed by atoms with van der Waals surface area (Å²) < 4.78 is 5.55. The van der Waals surface area contributed by atoms with E-state index in [1.54, 1.807) is 29.2 Å². The van der Waals surface area contributed by atoms with Crippen LogP contribution >= 0.6 is 0 Å². The second kappa shape index (κ2) is 9.53. The third-order valence-electron chi connectivity index (χ3n) is 6.08. The second-order valence-electron chi connectivity index (χ2n) is 8.58. The fourth-order valence-corrected chi connectivity index (χ4v) is 4.36. The Bertz CT molecular complexity index is 1030. The van der Waals surface area contributed by atoms with E-state index >= 15 is 0 Å². The van der Waals surface area contributed by atoms with Crippen LogP contribution in [0, 0.1) is 19.8 Å². The molecule has 2 aliphatic rings. The van der Waals surface area contributed by atoms with Gasteiger partial charge in [-0.3, -0.25) is 14.4 Å². The van der Waals surface area contributed by atoms with Crippen LogP contribution in [0.25, 0.3) is 0 Å². The lowest BCUT2D eigenvalue weighted by atomic mass is 10.1. The molecule has 0 bridgehead atoms. The molecule has 2 aliphatic heterocycles. The van der Waals surface area contributed by atoms with Crippen molar-refractivity contribution < 1.29 is 19.1 Å². The molecule has 32 heavy (non-hydrogen) atoms. The Kier molecular flexibility index (Phi) is 6.55. The van der Waals surface area contributed by atoms with E-state index in [1.807, 2.05) is 32.0 Å². The molecule has 2 saturated heterocycles. The minimum atomic E-state index is -0.480. The average molecular weight is 436 g/mol. The molecule has 2 heterocycles. The van der Waals surface area contributed by atoms with Crippen molar-refractivity contribution in [2.75, 3.05) is 29.9 Å². The zero-order chi connectivity index (χ0) is 22.7. The number of nitrogens with one attached hydrogen (secondary N) is 2. The van der Waals surface area contributed by atoms with Crippen LogP contribution in [0.1, 0.15) is 40.7 Å². The highest BCUT2D eigenvalue weighted by molar-refractivity contribution is 6.07. The molecule has 2 unspecified atom stereocenters. The van der Waals surface area contributed by atoms with Gasteiger partial charge in [0.15, 0.2) is 0 Å². The number of aryl methyl sites for hydroxylation is 2. The Morgan fingerprint density at radius 2 is 1.97 bits per heavy atom. The molecule has 2 aromatic carbocycles. The molecular weight excluding hydrogens is 406 g/mol. The molecule has 0 aliphatic carbocycles. The number of anilines is 2. The van der Waals surface area contributed by atoms with E-state index in [2.05, 4.69) is 10.6 Å². The SMILES string of the molecule is Cc1ccc(N2CC(C(=O)Nc3ccccc3C(=O)NCC3CCCO3)CC2=O)c(C)c1. The number of hydrogen-bond acceptors (Lipinski definition) is 4. The van der Waals surface area contributed by atoms with E-state index in [9.17, 15) is 14.4 Å². The van der Waals surface area contributed by atoms with Gasteiger partial charge in [0, 0.05) is 31.8 Å². The largest absolute Gasteiger partial charge is 0.376 e. The number of carbonyl (C=O) groups excluding carboxylic acids is 3. The first kappa shape index (κ1) is 22.0. The Hall–Kier alpha value is -3.19. The molecule has 2 N–H and O–H groups in total. The third kappa shape index (κ3) is 4.83. The molecule has 0 radical (unpaired) electrons. The number of amides is 3. The summed E-state index contributed by atoms with van der Waals surface area (Å²) in [6, 6.07) is 12.8. The quantitative estimate of drug-likeness (QED) is 0.729. The first-order valence-corrected chi connectivity index (χ1v) is 11.1. The summed E-state index contributed by atoms with van der Waals surface area (Å²) in [5.41, 5.74) is 3.81. The summed E-state index contributed by atoms with van der Waals surface area (Å²) in [4.78, 5) is 40.0. The van der Waals surface area contributed by atoms with Crippen molar-refractivity contribution in [3.63, 3.8) is 0 Å². The number of hydrogen-bond donors (Lipinski definition) is 2. The Morgan fingerprint density at radius 1 is 1.16 bits per heavy atom. The molecular formula is C25H29N3O4. The van der Waals surface area contributed by atoms with Crippen LogP contribution in [0.4, 0.5) is 11.4 Å². The highest BCUT2D eigenvalue weighted by Gasteiger charge is 2.36. The van der Waals surface area contributed by atoms with E-state index in [0.29, 0.717) is 24.3 Å². The number of carbonyl (C=O) groups is 3. The number of rotatable bonds is 6. The molecule has 4 rings (SSSR count). The van der Waals surface area contributed by atoms with Crippen LogP contribution in [-0.4, -0.2) is 43.5 Å². The normalized spacial score (nSPS) is 20.4. The lowest BCUT2D eigenvalue weighted by molar-refractivity contribution is -0.122. The van der Waals surface area contributed by atoms with E-state index in [-0.39, 0.29) is 30.2 Å². The second-order valence-corrected chi connectivity index (χ2v) is 8.58. The molecule has 7 heteroatoms. The molecule has 2 aromatic rings. The van der Waals surface area contributed by atoms with Gasteiger partial charge in [-0.15, -0.1) is 0 Å². The lowest BCUT2D eigenvalue weighted by Crippen LogP contribution is -2.33. The number of benzene rings is 2. The van der Waals surface area contributed by atoms with Gasteiger partial charge in [-0.05, 0) is 50.5 Å². The lowest BCUT2D eigenvalue weighted by Gasteiger charge is -2.19. The van der Waals surface area contributed by atoms with E-state index in [4.69, 9.17) is 4.74 Å². The fourth-order valence-electron chi connectivity index (χ4n) is 4.36. The van der Waals surface area contributed by atoms with Gasteiger partial charge in [-0.25, -0.2) is 0 Å². The summed E-state index contributed by atoms with van der Waals surface area (Å²) in [5.74, 6) is -1.06. The van der Waals surface area contributed by atoms with Crippen molar-refractivity contribution in [3.8, 4) is 0 Å². The summed E-state index contributed by atoms with van der Waals surface area (Å²) in [6.07, 6.45) is 2.13. The van der Waals surface area contributed by atoms with E-state index < -0.39 is 5.92 Å². The minimum absolute atomic E-state index is 0.0430. The molecule has 0 aromatic heterocycles. The fraction of sp³-hybridized carbons (Fsp3) is 0.400. The Morgan fingerprint density at radius 3 is 2.72 bits per heavy atom. The van der Waals surface area contributed by atoms with Gasteiger partial charge in [0.1, 0.15) is 0 Å². The highest BCUT2D eigenvalue weighted by atomic mass is 16.5.